The van der Waals surface area contributed by atoms with Gasteiger partial charge in [-0.15, -0.1) is 0 Å². The number of benzene rings is 1. The first-order valence-corrected chi connectivity index (χ1v) is 4.93. The van der Waals surface area contributed by atoms with E-state index in [-0.39, 0.29) is 5.91 Å². The van der Waals surface area contributed by atoms with Crippen molar-refractivity contribution in [2.45, 2.75) is 13.3 Å². The number of nitrogen functional groups attached to an aromatic ring is 1. The molecule has 0 heterocycles. The van der Waals surface area contributed by atoms with Crippen LogP contribution in [0, 0.1) is 0 Å². The van der Waals surface area contributed by atoms with Crippen molar-refractivity contribution in [3.05, 3.63) is 12.1 Å². The van der Waals surface area contributed by atoms with Crippen LogP contribution in [0.15, 0.2) is 12.1 Å². The van der Waals surface area contributed by atoms with Gasteiger partial charge in [0.05, 0.1) is 25.6 Å². The molecule has 0 atom stereocenters. The maximum absolute atomic E-state index is 11.3. The van der Waals surface area contributed by atoms with Gasteiger partial charge in [0.2, 0.25) is 5.91 Å². The van der Waals surface area contributed by atoms with Crippen LogP contribution in [0.1, 0.15) is 13.3 Å². The second kappa shape index (κ2) is 5.25. The van der Waals surface area contributed by atoms with E-state index >= 15 is 0 Å². The smallest absolute Gasteiger partial charge is 0.224 e. The zero-order valence-electron chi connectivity index (χ0n) is 9.66. The van der Waals surface area contributed by atoms with Crippen LogP contribution in [0.25, 0.3) is 0 Å². The molecule has 0 spiro atoms. The molecule has 0 aliphatic carbocycles. The summed E-state index contributed by atoms with van der Waals surface area (Å²) in [5.41, 5.74) is 6.74. The third-order valence-electron chi connectivity index (χ3n) is 2.15. The monoisotopic (exact) mass is 224 g/mol. The molecule has 0 bridgehead atoms. The van der Waals surface area contributed by atoms with E-state index in [4.69, 9.17) is 15.2 Å². The molecule has 5 heteroatoms. The molecule has 0 aliphatic heterocycles. The van der Waals surface area contributed by atoms with Crippen LogP contribution < -0.4 is 20.5 Å². The van der Waals surface area contributed by atoms with Crippen molar-refractivity contribution < 1.29 is 14.3 Å². The highest BCUT2D eigenvalue weighted by molar-refractivity contribution is 5.93. The minimum atomic E-state index is -0.0925. The average Bonchev–Trinajstić information content (AvgIpc) is 2.30. The van der Waals surface area contributed by atoms with Gasteiger partial charge in [0.1, 0.15) is 11.5 Å². The van der Waals surface area contributed by atoms with Gasteiger partial charge in [-0.1, -0.05) is 6.92 Å². The second-order valence-corrected chi connectivity index (χ2v) is 3.20. The topological polar surface area (TPSA) is 73.6 Å². The van der Waals surface area contributed by atoms with Crippen molar-refractivity contribution >= 4 is 17.3 Å². The van der Waals surface area contributed by atoms with Crippen molar-refractivity contribution in [2.24, 2.45) is 0 Å². The van der Waals surface area contributed by atoms with E-state index in [2.05, 4.69) is 5.32 Å². The van der Waals surface area contributed by atoms with Gasteiger partial charge >= 0.3 is 0 Å². The minimum absolute atomic E-state index is 0.0925. The second-order valence-electron chi connectivity index (χ2n) is 3.20. The van der Waals surface area contributed by atoms with Crippen LogP contribution in [0.3, 0.4) is 0 Å². The molecule has 1 rings (SSSR count). The normalized spacial score (nSPS) is 9.69. The lowest BCUT2D eigenvalue weighted by Crippen LogP contribution is -2.11. The van der Waals surface area contributed by atoms with Crippen molar-refractivity contribution in [1.82, 2.24) is 0 Å². The zero-order valence-corrected chi connectivity index (χ0v) is 9.66. The van der Waals surface area contributed by atoms with Crippen LogP contribution >= 0.6 is 0 Å². The number of hydrogen-bond acceptors (Lipinski definition) is 4. The molecule has 1 aromatic carbocycles. The first-order chi connectivity index (χ1) is 7.62. The predicted octanol–water partition coefficient (Wildman–Crippen LogP) is 1.63. The van der Waals surface area contributed by atoms with E-state index in [1.54, 1.807) is 19.1 Å². The quantitative estimate of drug-likeness (QED) is 0.762. The number of anilines is 2. The maximum atomic E-state index is 11.3. The van der Waals surface area contributed by atoms with Crippen molar-refractivity contribution in [1.29, 1.82) is 0 Å². The van der Waals surface area contributed by atoms with Crippen molar-refractivity contribution in [3.8, 4) is 11.5 Å². The maximum Gasteiger partial charge on any atom is 0.224 e. The highest BCUT2D eigenvalue weighted by Gasteiger charge is 2.10. The van der Waals surface area contributed by atoms with Crippen LogP contribution in [-0.4, -0.2) is 20.1 Å². The highest BCUT2D eigenvalue weighted by atomic mass is 16.5. The van der Waals surface area contributed by atoms with E-state index in [0.29, 0.717) is 29.3 Å². The Balaban J connectivity index is 3.09. The standard InChI is InChI=1S/C11H16N2O3/c1-4-11(14)13-8-6-9(15-2)7(12)5-10(8)16-3/h5-6H,4,12H2,1-3H3,(H,13,14). The molecular weight excluding hydrogens is 208 g/mol. The molecule has 0 aromatic heterocycles. The Morgan fingerprint density at radius 2 is 1.94 bits per heavy atom. The van der Waals surface area contributed by atoms with Gasteiger partial charge in [0.25, 0.3) is 0 Å². The Labute approximate surface area is 94.5 Å². The number of nitrogens with two attached hydrogens (primary N) is 1. The Bertz CT molecular complexity index is 391. The van der Waals surface area contributed by atoms with Gasteiger partial charge in [-0.25, -0.2) is 0 Å². The molecule has 0 saturated heterocycles. The number of carbonyl (C=O) groups excluding carboxylic acids is 1. The molecule has 3 N–H and O–H groups in total. The fourth-order valence-electron chi connectivity index (χ4n) is 1.26. The molecule has 16 heavy (non-hydrogen) atoms. The van der Waals surface area contributed by atoms with Crippen LogP contribution in [0.4, 0.5) is 11.4 Å². The van der Waals surface area contributed by atoms with Gasteiger partial charge in [0, 0.05) is 18.6 Å². The van der Waals surface area contributed by atoms with E-state index in [0.717, 1.165) is 0 Å². The molecule has 0 radical (unpaired) electrons. The summed E-state index contributed by atoms with van der Waals surface area (Å²) in [6, 6.07) is 3.26. The zero-order chi connectivity index (χ0) is 12.1. The highest BCUT2D eigenvalue weighted by Crippen LogP contribution is 2.34. The number of carbonyl (C=O) groups is 1. The number of rotatable bonds is 4. The molecule has 1 amide bonds. The minimum Gasteiger partial charge on any atom is -0.495 e. The SMILES string of the molecule is CCC(=O)Nc1cc(OC)c(N)cc1OC. The van der Waals surface area contributed by atoms with E-state index in [1.165, 1.54) is 14.2 Å². The lowest BCUT2D eigenvalue weighted by Gasteiger charge is -2.13. The summed E-state index contributed by atoms with van der Waals surface area (Å²) in [5.74, 6) is 0.928. The molecule has 5 nitrogen and oxygen atoms in total. The summed E-state index contributed by atoms with van der Waals surface area (Å²) in [4.78, 5) is 11.3. The van der Waals surface area contributed by atoms with Crippen molar-refractivity contribution in [2.75, 3.05) is 25.3 Å². The summed E-state index contributed by atoms with van der Waals surface area (Å²) < 4.78 is 10.2. The number of hydrogen-bond donors (Lipinski definition) is 2. The van der Waals surface area contributed by atoms with Gasteiger partial charge in [-0.05, 0) is 0 Å². The molecule has 0 fully saturated rings. The average molecular weight is 224 g/mol. The van der Waals surface area contributed by atoms with Gasteiger partial charge in [-0.3, -0.25) is 4.79 Å². The summed E-state index contributed by atoms with van der Waals surface area (Å²) in [7, 11) is 3.03. The van der Waals surface area contributed by atoms with E-state index in [1.807, 2.05) is 0 Å². The predicted molar refractivity (Wildman–Crippen MR) is 62.9 cm³/mol. The lowest BCUT2D eigenvalue weighted by atomic mass is 10.2. The largest absolute Gasteiger partial charge is 0.495 e. The Kier molecular flexibility index (Phi) is 3.99. The number of amides is 1. The van der Waals surface area contributed by atoms with Crippen molar-refractivity contribution in [3.63, 3.8) is 0 Å². The summed E-state index contributed by atoms with van der Waals surface area (Å²) in [6.45, 7) is 1.77. The summed E-state index contributed by atoms with van der Waals surface area (Å²) in [6.07, 6.45) is 0.399. The number of methoxy groups -OCH3 is 2. The summed E-state index contributed by atoms with van der Waals surface area (Å²) >= 11 is 0. The van der Waals surface area contributed by atoms with E-state index < -0.39 is 0 Å². The molecule has 0 unspecified atom stereocenters. The lowest BCUT2D eigenvalue weighted by molar-refractivity contribution is -0.115. The molecule has 88 valence electrons. The number of ether oxygens (including phenoxy) is 2. The molecule has 0 aliphatic rings. The van der Waals surface area contributed by atoms with Crippen LogP contribution in [0.2, 0.25) is 0 Å². The number of nitrogens with one attached hydrogen (secondary N) is 1. The van der Waals surface area contributed by atoms with Crippen LogP contribution in [0.5, 0.6) is 11.5 Å². The molecule has 0 saturated carbocycles. The molecule has 1 aromatic rings. The third kappa shape index (κ3) is 2.56. The fourth-order valence-corrected chi connectivity index (χ4v) is 1.26. The van der Waals surface area contributed by atoms with Gasteiger partial charge in [0.15, 0.2) is 0 Å². The van der Waals surface area contributed by atoms with Gasteiger partial charge < -0.3 is 20.5 Å². The third-order valence-corrected chi connectivity index (χ3v) is 2.15. The van der Waals surface area contributed by atoms with E-state index in [9.17, 15) is 4.79 Å². The Morgan fingerprint density at radius 1 is 1.31 bits per heavy atom. The summed E-state index contributed by atoms with van der Waals surface area (Å²) in [5, 5.41) is 2.71. The first kappa shape index (κ1) is 12.2. The Hall–Kier alpha value is -1.91. The first-order valence-electron chi connectivity index (χ1n) is 4.93. The van der Waals surface area contributed by atoms with Crippen LogP contribution in [-0.2, 0) is 4.79 Å². The Morgan fingerprint density at radius 3 is 2.44 bits per heavy atom. The molecular formula is C11H16N2O3. The fraction of sp³-hybridized carbons (Fsp3) is 0.364. The van der Waals surface area contributed by atoms with Gasteiger partial charge in [-0.2, -0.15) is 0 Å².